The summed E-state index contributed by atoms with van der Waals surface area (Å²) in [6.45, 7) is 1.69. The van der Waals surface area contributed by atoms with Crippen LogP contribution in [-0.4, -0.2) is 26.3 Å². The van der Waals surface area contributed by atoms with Gasteiger partial charge in [0.1, 0.15) is 0 Å². The van der Waals surface area contributed by atoms with Gasteiger partial charge in [-0.05, 0) is 30.5 Å². The molecule has 17 heavy (non-hydrogen) atoms. The number of alkyl halides is 1. The van der Waals surface area contributed by atoms with Crippen molar-refractivity contribution in [1.29, 1.82) is 0 Å². The lowest BCUT2D eigenvalue weighted by Gasteiger charge is -2.26. The first-order valence-corrected chi connectivity index (χ1v) is 7.36. The Labute approximate surface area is 116 Å². The second-order valence-corrected chi connectivity index (χ2v) is 5.32. The van der Waals surface area contributed by atoms with Crippen LogP contribution in [0.1, 0.15) is 18.4 Å². The smallest absolute Gasteiger partial charge is 0.0637 e. The third-order valence-corrected chi connectivity index (χ3v) is 3.86. The van der Waals surface area contributed by atoms with Crippen LogP contribution in [0.3, 0.4) is 0 Å². The number of rotatable bonds is 6. The zero-order chi connectivity index (χ0) is 12.3. The number of hydrogen-bond donors (Lipinski definition) is 0. The number of halogens is 2. The van der Waals surface area contributed by atoms with Gasteiger partial charge in [0.15, 0.2) is 0 Å². The van der Waals surface area contributed by atoms with E-state index in [2.05, 4.69) is 33.0 Å². The Hall–Kier alpha value is -0.250. The van der Waals surface area contributed by atoms with Gasteiger partial charge >= 0.3 is 0 Å². The van der Waals surface area contributed by atoms with E-state index in [4.69, 9.17) is 16.3 Å². The summed E-state index contributed by atoms with van der Waals surface area (Å²) in [5.74, 6) is 0. The van der Waals surface area contributed by atoms with Crippen LogP contribution in [0.5, 0.6) is 0 Å². The molecule has 1 fully saturated rings. The minimum atomic E-state index is 0.668. The fourth-order valence-electron chi connectivity index (χ4n) is 1.99. The molecular weight excluding hydrogens is 302 g/mol. The zero-order valence-electron chi connectivity index (χ0n) is 9.96. The molecule has 0 bridgehead atoms. The van der Waals surface area contributed by atoms with E-state index in [1.807, 2.05) is 6.07 Å². The maximum atomic E-state index is 6.10. The molecule has 0 spiro atoms. The largest absolute Gasteiger partial charge is 0.383 e. The second kappa shape index (κ2) is 6.07. The van der Waals surface area contributed by atoms with Crippen LogP contribution in [0.25, 0.3) is 0 Å². The summed E-state index contributed by atoms with van der Waals surface area (Å²) in [6, 6.07) is 6.77. The van der Waals surface area contributed by atoms with Crippen LogP contribution in [0.15, 0.2) is 18.2 Å². The van der Waals surface area contributed by atoms with Crippen molar-refractivity contribution in [1.82, 2.24) is 0 Å². The quantitative estimate of drug-likeness (QED) is 0.739. The van der Waals surface area contributed by atoms with E-state index in [1.54, 1.807) is 7.11 Å². The van der Waals surface area contributed by atoms with Crippen LogP contribution >= 0.6 is 27.5 Å². The van der Waals surface area contributed by atoms with E-state index in [-0.39, 0.29) is 0 Å². The van der Waals surface area contributed by atoms with Crippen LogP contribution in [-0.2, 0) is 10.1 Å². The molecule has 0 aliphatic heterocycles. The summed E-state index contributed by atoms with van der Waals surface area (Å²) in [7, 11) is 1.74. The summed E-state index contributed by atoms with van der Waals surface area (Å²) in [5.41, 5.74) is 2.53. The molecule has 0 atom stereocenters. The van der Waals surface area contributed by atoms with Gasteiger partial charge in [0, 0.05) is 35.7 Å². The normalized spacial score (nSPS) is 15.0. The van der Waals surface area contributed by atoms with Crippen LogP contribution in [0, 0.1) is 0 Å². The van der Waals surface area contributed by atoms with Gasteiger partial charge < -0.3 is 9.64 Å². The molecule has 2 rings (SSSR count). The highest BCUT2D eigenvalue weighted by Crippen LogP contribution is 2.35. The summed E-state index contributed by atoms with van der Waals surface area (Å²) >= 11 is 9.64. The summed E-state index contributed by atoms with van der Waals surface area (Å²) in [6.07, 6.45) is 2.55. The van der Waals surface area contributed by atoms with Crippen molar-refractivity contribution in [2.75, 3.05) is 25.2 Å². The van der Waals surface area contributed by atoms with Gasteiger partial charge in [0.2, 0.25) is 0 Å². The van der Waals surface area contributed by atoms with E-state index in [9.17, 15) is 0 Å². The first kappa shape index (κ1) is 13.2. The van der Waals surface area contributed by atoms with Gasteiger partial charge in [-0.3, -0.25) is 0 Å². The Morgan fingerprint density at radius 2 is 2.24 bits per heavy atom. The molecular formula is C13H17BrClNO. The molecule has 1 aromatic rings. The lowest BCUT2D eigenvalue weighted by molar-refractivity contribution is 0.205. The molecule has 0 saturated heterocycles. The SMILES string of the molecule is COCCN(c1cc(Cl)ccc1CBr)C1CC1. The highest BCUT2D eigenvalue weighted by molar-refractivity contribution is 9.08. The third-order valence-electron chi connectivity index (χ3n) is 3.02. The second-order valence-electron chi connectivity index (χ2n) is 4.32. The van der Waals surface area contributed by atoms with Crippen molar-refractivity contribution in [2.45, 2.75) is 24.2 Å². The molecule has 1 aliphatic rings. The Bertz CT molecular complexity index is 382. The number of methoxy groups -OCH3 is 1. The summed E-state index contributed by atoms with van der Waals surface area (Å²) in [4.78, 5) is 2.42. The van der Waals surface area contributed by atoms with E-state index in [0.717, 1.165) is 23.5 Å². The summed E-state index contributed by atoms with van der Waals surface area (Å²) in [5, 5.41) is 1.66. The first-order valence-electron chi connectivity index (χ1n) is 5.86. The molecule has 2 nitrogen and oxygen atoms in total. The van der Waals surface area contributed by atoms with Crippen molar-refractivity contribution in [3.63, 3.8) is 0 Å². The lowest BCUT2D eigenvalue weighted by Crippen LogP contribution is -2.30. The van der Waals surface area contributed by atoms with Gasteiger partial charge in [-0.1, -0.05) is 33.6 Å². The van der Waals surface area contributed by atoms with Crippen molar-refractivity contribution >= 4 is 33.2 Å². The van der Waals surface area contributed by atoms with Crippen LogP contribution < -0.4 is 4.90 Å². The first-order chi connectivity index (χ1) is 8.26. The number of hydrogen-bond acceptors (Lipinski definition) is 2. The van der Waals surface area contributed by atoms with E-state index < -0.39 is 0 Å². The average molecular weight is 319 g/mol. The van der Waals surface area contributed by atoms with Crippen molar-refractivity contribution in [3.05, 3.63) is 28.8 Å². The molecule has 1 aliphatic carbocycles. The van der Waals surface area contributed by atoms with Gasteiger partial charge in [-0.2, -0.15) is 0 Å². The highest BCUT2D eigenvalue weighted by atomic mass is 79.9. The maximum absolute atomic E-state index is 6.10. The molecule has 0 radical (unpaired) electrons. The third kappa shape index (κ3) is 3.36. The van der Waals surface area contributed by atoms with E-state index >= 15 is 0 Å². The number of anilines is 1. The fourth-order valence-corrected chi connectivity index (χ4v) is 2.63. The maximum Gasteiger partial charge on any atom is 0.0637 e. The van der Waals surface area contributed by atoms with Gasteiger partial charge in [-0.15, -0.1) is 0 Å². The Kier molecular flexibility index (Phi) is 4.71. The van der Waals surface area contributed by atoms with Crippen LogP contribution in [0.2, 0.25) is 5.02 Å². The van der Waals surface area contributed by atoms with Crippen LogP contribution in [0.4, 0.5) is 5.69 Å². The van der Waals surface area contributed by atoms with Gasteiger partial charge in [0.05, 0.1) is 6.61 Å². The minimum absolute atomic E-state index is 0.668. The summed E-state index contributed by atoms with van der Waals surface area (Å²) < 4.78 is 5.19. The number of benzene rings is 1. The standard InChI is InChI=1S/C13H17BrClNO/c1-17-7-6-16(12-4-5-12)13-8-11(15)3-2-10(13)9-14/h2-3,8,12H,4-7,9H2,1H3. The zero-order valence-corrected chi connectivity index (χ0v) is 12.3. The van der Waals surface area contributed by atoms with Gasteiger partial charge in [0.25, 0.3) is 0 Å². The Morgan fingerprint density at radius 3 is 2.82 bits per heavy atom. The van der Waals surface area contributed by atoms with Crippen molar-refractivity contribution < 1.29 is 4.74 Å². The predicted molar refractivity (Wildman–Crippen MR) is 76.3 cm³/mol. The highest BCUT2D eigenvalue weighted by Gasteiger charge is 2.30. The molecule has 0 unspecified atom stereocenters. The topological polar surface area (TPSA) is 12.5 Å². The number of ether oxygens (including phenoxy) is 1. The van der Waals surface area contributed by atoms with E-state index in [0.29, 0.717) is 6.04 Å². The molecule has 0 aromatic heterocycles. The van der Waals surface area contributed by atoms with Crippen molar-refractivity contribution in [2.24, 2.45) is 0 Å². The van der Waals surface area contributed by atoms with E-state index in [1.165, 1.54) is 24.1 Å². The molecule has 94 valence electrons. The fraction of sp³-hybridized carbons (Fsp3) is 0.538. The predicted octanol–water partition coefficient (Wildman–Crippen LogP) is 3.85. The Morgan fingerprint density at radius 1 is 1.47 bits per heavy atom. The molecule has 0 amide bonds. The van der Waals surface area contributed by atoms with Gasteiger partial charge in [-0.25, -0.2) is 0 Å². The minimum Gasteiger partial charge on any atom is -0.383 e. The van der Waals surface area contributed by atoms with Crippen molar-refractivity contribution in [3.8, 4) is 0 Å². The Balaban J connectivity index is 2.23. The molecule has 4 heteroatoms. The average Bonchev–Trinajstić information content (AvgIpc) is 3.14. The molecule has 0 heterocycles. The molecule has 1 aromatic carbocycles. The number of nitrogens with zero attached hydrogens (tertiary/aromatic N) is 1. The monoisotopic (exact) mass is 317 g/mol. The molecule has 1 saturated carbocycles. The lowest BCUT2D eigenvalue weighted by atomic mass is 10.1. The molecule has 0 N–H and O–H groups in total.